The van der Waals surface area contributed by atoms with Gasteiger partial charge in [-0.15, -0.1) is 24.0 Å². The van der Waals surface area contributed by atoms with Crippen molar-refractivity contribution in [2.24, 2.45) is 4.99 Å². The Morgan fingerprint density at radius 1 is 1.20 bits per heavy atom. The highest BCUT2D eigenvalue weighted by Crippen LogP contribution is 2.13. The molecule has 1 unspecified atom stereocenters. The van der Waals surface area contributed by atoms with Crippen LogP contribution in [0.15, 0.2) is 35.3 Å². The van der Waals surface area contributed by atoms with E-state index in [1.54, 1.807) is 0 Å². The lowest BCUT2D eigenvalue weighted by molar-refractivity contribution is 0.464. The molecule has 0 spiro atoms. The van der Waals surface area contributed by atoms with Gasteiger partial charge in [-0.05, 0) is 32.3 Å². The van der Waals surface area contributed by atoms with Crippen molar-refractivity contribution in [1.29, 1.82) is 0 Å². The second-order valence-corrected chi connectivity index (χ2v) is 8.39. The maximum absolute atomic E-state index is 11.4. The standard InChI is InChI=1S/C17H30N4O2S.HI/c1-6-18-16(20-13-17(3,4)21-24(5,22)23)19-12-14(2)15-10-8-7-9-11-15;/h7-11,14,21H,6,12-13H2,1-5H3,(H2,18,19,20);1H. The molecule has 0 saturated heterocycles. The second kappa shape index (κ2) is 11.0. The molecule has 0 radical (unpaired) electrons. The zero-order valence-corrected chi connectivity index (χ0v) is 18.8. The summed E-state index contributed by atoms with van der Waals surface area (Å²) in [6.07, 6.45) is 1.16. The predicted octanol–water partition coefficient (Wildman–Crippen LogP) is 2.29. The summed E-state index contributed by atoms with van der Waals surface area (Å²) < 4.78 is 25.4. The quantitative estimate of drug-likeness (QED) is 0.302. The van der Waals surface area contributed by atoms with Gasteiger partial charge in [-0.2, -0.15) is 0 Å². The van der Waals surface area contributed by atoms with Crippen LogP contribution >= 0.6 is 24.0 Å². The third kappa shape index (κ3) is 10.7. The lowest BCUT2D eigenvalue weighted by Crippen LogP contribution is -2.47. The summed E-state index contributed by atoms with van der Waals surface area (Å²) in [6, 6.07) is 10.3. The molecule has 3 N–H and O–H groups in total. The van der Waals surface area contributed by atoms with Gasteiger partial charge < -0.3 is 10.6 Å². The van der Waals surface area contributed by atoms with Gasteiger partial charge >= 0.3 is 0 Å². The Kier molecular flexibility index (Phi) is 10.6. The van der Waals surface area contributed by atoms with E-state index in [0.717, 1.165) is 19.3 Å². The van der Waals surface area contributed by atoms with E-state index in [9.17, 15) is 8.42 Å². The summed E-state index contributed by atoms with van der Waals surface area (Å²) in [5, 5.41) is 6.50. The number of guanidine groups is 1. The smallest absolute Gasteiger partial charge is 0.209 e. The second-order valence-electron chi connectivity index (χ2n) is 6.65. The molecule has 25 heavy (non-hydrogen) atoms. The Morgan fingerprint density at radius 2 is 1.80 bits per heavy atom. The Morgan fingerprint density at radius 3 is 2.32 bits per heavy atom. The highest BCUT2D eigenvalue weighted by Gasteiger charge is 2.21. The minimum absolute atomic E-state index is 0. The molecule has 0 aliphatic heterocycles. The van der Waals surface area contributed by atoms with Crippen LogP contribution in [0.1, 0.15) is 39.2 Å². The van der Waals surface area contributed by atoms with Crippen molar-refractivity contribution >= 4 is 40.0 Å². The van der Waals surface area contributed by atoms with Crippen LogP contribution in [0.25, 0.3) is 0 Å². The molecule has 144 valence electrons. The van der Waals surface area contributed by atoms with Crippen LogP contribution in [0.5, 0.6) is 0 Å². The van der Waals surface area contributed by atoms with Gasteiger partial charge in [0, 0.05) is 18.6 Å². The average molecular weight is 482 g/mol. The Balaban J connectivity index is 0.00000576. The zero-order chi connectivity index (χ0) is 18.2. The van der Waals surface area contributed by atoms with Crippen molar-refractivity contribution in [3.63, 3.8) is 0 Å². The Labute approximate surface area is 169 Å². The topological polar surface area (TPSA) is 82.6 Å². The first-order valence-corrected chi connectivity index (χ1v) is 10.1. The van der Waals surface area contributed by atoms with E-state index in [4.69, 9.17) is 0 Å². The molecule has 0 heterocycles. The van der Waals surface area contributed by atoms with E-state index >= 15 is 0 Å². The normalized spacial score (nSPS) is 13.7. The number of nitrogens with one attached hydrogen (secondary N) is 3. The third-order valence-corrected chi connectivity index (χ3v) is 4.31. The van der Waals surface area contributed by atoms with E-state index in [0.29, 0.717) is 18.4 Å². The molecule has 0 fully saturated rings. The van der Waals surface area contributed by atoms with E-state index in [1.807, 2.05) is 39.0 Å². The number of aliphatic imine (C=N–C) groups is 1. The Bertz CT molecular complexity index is 633. The SMILES string of the molecule is CCNC(=NCC(C)(C)NS(C)(=O)=O)NCC(C)c1ccccc1.I. The number of hydrogen-bond donors (Lipinski definition) is 3. The summed E-state index contributed by atoms with van der Waals surface area (Å²) in [7, 11) is -3.26. The summed E-state index contributed by atoms with van der Waals surface area (Å²) in [6.45, 7) is 9.61. The predicted molar refractivity (Wildman–Crippen MR) is 116 cm³/mol. The largest absolute Gasteiger partial charge is 0.357 e. The van der Waals surface area contributed by atoms with Crippen LogP contribution in [0.2, 0.25) is 0 Å². The lowest BCUT2D eigenvalue weighted by atomic mass is 10.0. The van der Waals surface area contributed by atoms with Crippen molar-refractivity contribution in [2.75, 3.05) is 25.9 Å². The van der Waals surface area contributed by atoms with Gasteiger partial charge in [0.25, 0.3) is 0 Å². The van der Waals surface area contributed by atoms with Gasteiger partial charge in [-0.1, -0.05) is 37.3 Å². The highest BCUT2D eigenvalue weighted by atomic mass is 127. The first kappa shape index (κ1) is 24.1. The van der Waals surface area contributed by atoms with E-state index in [-0.39, 0.29) is 24.0 Å². The number of nitrogens with zero attached hydrogens (tertiary/aromatic N) is 1. The first-order valence-electron chi connectivity index (χ1n) is 8.19. The highest BCUT2D eigenvalue weighted by molar-refractivity contribution is 14.0. The molecule has 1 atom stereocenters. The van der Waals surface area contributed by atoms with E-state index < -0.39 is 15.6 Å². The van der Waals surface area contributed by atoms with Crippen LogP contribution in [-0.4, -0.2) is 45.8 Å². The number of halogens is 1. The first-order chi connectivity index (χ1) is 11.1. The molecule has 0 aliphatic rings. The van der Waals surface area contributed by atoms with Crippen LogP contribution in [0.3, 0.4) is 0 Å². The van der Waals surface area contributed by atoms with Crippen molar-refractivity contribution in [1.82, 2.24) is 15.4 Å². The lowest BCUT2D eigenvalue weighted by Gasteiger charge is -2.24. The van der Waals surface area contributed by atoms with Gasteiger partial charge in [-0.25, -0.2) is 13.1 Å². The molecular weight excluding hydrogens is 451 g/mol. The number of rotatable bonds is 8. The van der Waals surface area contributed by atoms with E-state index in [1.165, 1.54) is 5.56 Å². The molecule has 1 aromatic rings. The van der Waals surface area contributed by atoms with Crippen molar-refractivity contribution in [3.8, 4) is 0 Å². The van der Waals surface area contributed by atoms with Crippen LogP contribution in [-0.2, 0) is 10.0 Å². The van der Waals surface area contributed by atoms with E-state index in [2.05, 4.69) is 39.4 Å². The third-order valence-electron chi connectivity index (χ3n) is 3.38. The fourth-order valence-electron chi connectivity index (χ4n) is 2.30. The molecule has 0 aromatic heterocycles. The number of sulfonamides is 1. The molecular formula is C17H31IN4O2S. The maximum atomic E-state index is 11.4. The number of benzene rings is 1. The van der Waals surface area contributed by atoms with Crippen molar-refractivity contribution in [3.05, 3.63) is 35.9 Å². The molecule has 6 nitrogen and oxygen atoms in total. The van der Waals surface area contributed by atoms with Gasteiger partial charge in [0.2, 0.25) is 10.0 Å². The number of hydrogen-bond acceptors (Lipinski definition) is 3. The molecule has 1 aromatic carbocycles. The van der Waals surface area contributed by atoms with Gasteiger partial charge in [-0.3, -0.25) is 4.99 Å². The minimum atomic E-state index is -3.26. The Hall–Kier alpha value is -0.870. The molecule has 0 aliphatic carbocycles. The van der Waals surface area contributed by atoms with Crippen LogP contribution in [0, 0.1) is 0 Å². The molecule has 0 amide bonds. The monoisotopic (exact) mass is 482 g/mol. The van der Waals surface area contributed by atoms with Gasteiger partial charge in [0.1, 0.15) is 0 Å². The maximum Gasteiger partial charge on any atom is 0.209 e. The van der Waals surface area contributed by atoms with Gasteiger partial charge in [0.15, 0.2) is 5.96 Å². The fraction of sp³-hybridized carbons (Fsp3) is 0.588. The summed E-state index contributed by atoms with van der Waals surface area (Å²) in [4.78, 5) is 4.50. The summed E-state index contributed by atoms with van der Waals surface area (Å²) >= 11 is 0. The molecule has 8 heteroatoms. The summed E-state index contributed by atoms with van der Waals surface area (Å²) in [5.41, 5.74) is 0.626. The average Bonchev–Trinajstić information content (AvgIpc) is 2.48. The summed E-state index contributed by atoms with van der Waals surface area (Å²) in [5.74, 6) is 1.03. The van der Waals surface area contributed by atoms with Crippen LogP contribution in [0.4, 0.5) is 0 Å². The van der Waals surface area contributed by atoms with Gasteiger partial charge in [0.05, 0.1) is 12.8 Å². The van der Waals surface area contributed by atoms with Crippen molar-refractivity contribution < 1.29 is 8.42 Å². The molecule has 0 bridgehead atoms. The van der Waals surface area contributed by atoms with Crippen molar-refractivity contribution in [2.45, 2.75) is 39.2 Å². The molecule has 1 rings (SSSR count). The zero-order valence-electron chi connectivity index (χ0n) is 15.7. The molecule has 0 saturated carbocycles. The minimum Gasteiger partial charge on any atom is -0.357 e. The fourth-order valence-corrected chi connectivity index (χ4v) is 3.37. The van der Waals surface area contributed by atoms with Crippen LogP contribution < -0.4 is 15.4 Å².